The van der Waals surface area contributed by atoms with E-state index in [9.17, 15) is 0 Å². The Balaban J connectivity index is 1.02. The molecule has 20 rings (SSSR count). The highest BCUT2D eigenvalue weighted by molar-refractivity contribution is 6.33. The molecule has 0 aliphatic rings. The first-order chi connectivity index (χ1) is 52.8. The van der Waals surface area contributed by atoms with Crippen LogP contribution in [0.3, 0.4) is 0 Å². The van der Waals surface area contributed by atoms with E-state index in [0.29, 0.717) is 0 Å². The van der Waals surface area contributed by atoms with Gasteiger partial charge in [-0.25, -0.2) is 79.7 Å². The van der Waals surface area contributed by atoms with E-state index in [1.807, 2.05) is 49.6 Å². The Bertz CT molecular complexity index is 6010. The number of benzene rings is 12. The number of hydrogen-bond acceptors (Lipinski definition) is 20. The van der Waals surface area contributed by atoms with Crippen molar-refractivity contribution in [1.29, 1.82) is 0 Å². The fourth-order valence-corrected chi connectivity index (χ4v) is 16.1. The van der Waals surface area contributed by atoms with Crippen LogP contribution in [0.5, 0.6) is 0 Å². The zero-order valence-corrected chi connectivity index (χ0v) is 59.9. The van der Waals surface area contributed by atoms with Crippen molar-refractivity contribution < 1.29 is 0 Å². The quantitative estimate of drug-likeness (QED) is 0.104. The zero-order chi connectivity index (χ0) is 72.7. The minimum atomic E-state index is 0.824. The maximum Gasteiger partial charge on any atom is 0.116 e. The fraction of sp³-hybridized carbons (Fsp3) is 0.0909. The number of hydrogen-bond donors (Lipinski definition) is 0. The van der Waals surface area contributed by atoms with Crippen LogP contribution in [0.4, 0.5) is 68.2 Å². The molecule has 514 valence electrons. The predicted octanol–water partition coefficient (Wildman–Crippen LogP) is 20.5. The number of fused-ring (bicyclic) bond motifs is 8. The molecule has 0 bridgehead atoms. The zero-order valence-electron chi connectivity index (χ0n) is 59.9. The van der Waals surface area contributed by atoms with Gasteiger partial charge in [0.25, 0.3) is 0 Å². The standard InChI is InChI=1S/C88H62N20/c1-47-13-67-55(31-89-39-97-67)21-75(47)105(76-22-56-32-90-40-98-68(56)14-48(76)2)83-29-84(106(77-23-57-33-91-41-99-69(57)15-49(77)3)78-24-58-34-92-42-100-70(58)16-50(78)4)64-11-12-66-86(108(81-27-61-37-95-45-103-73(61)19-53(81)7)82-28-62-38-96-46-104-74(62)20-54(82)8)30-85(65-10-9-63(83)87(64)88(65)66)107(79-25-59-35-93-43-101-71(59)17-51(79)5)80-26-60-36-94-44-102-72(60)18-52(80)6/h9-46H,1-8H3. The van der Waals surface area contributed by atoms with Gasteiger partial charge >= 0.3 is 0 Å². The van der Waals surface area contributed by atoms with Crippen molar-refractivity contribution in [2.75, 3.05) is 19.6 Å². The largest absolute Gasteiger partial charge is 0.309 e. The van der Waals surface area contributed by atoms with E-state index in [2.05, 4.69) is 248 Å². The van der Waals surface area contributed by atoms with Crippen LogP contribution in [0, 0.1) is 55.4 Å². The second-order valence-corrected chi connectivity index (χ2v) is 28.0. The van der Waals surface area contributed by atoms with Crippen LogP contribution in [-0.2, 0) is 0 Å². The first kappa shape index (κ1) is 63.3. The molecule has 0 radical (unpaired) electrons. The van der Waals surface area contributed by atoms with E-state index in [1.165, 1.54) is 0 Å². The van der Waals surface area contributed by atoms with Gasteiger partial charge in [-0.15, -0.1) is 0 Å². The monoisotopic (exact) mass is 1400 g/mol. The van der Waals surface area contributed by atoms with Gasteiger partial charge in [0.2, 0.25) is 0 Å². The van der Waals surface area contributed by atoms with Crippen LogP contribution in [-0.4, -0.2) is 79.7 Å². The summed E-state index contributed by atoms with van der Waals surface area (Å²) in [4.78, 5) is 85.3. The van der Waals surface area contributed by atoms with Crippen LogP contribution >= 0.6 is 0 Å². The van der Waals surface area contributed by atoms with E-state index in [0.717, 1.165) is 232 Å². The molecule has 0 atom stereocenters. The van der Waals surface area contributed by atoms with Gasteiger partial charge in [-0.1, -0.05) is 24.3 Å². The molecule has 20 heteroatoms. The van der Waals surface area contributed by atoms with Crippen LogP contribution in [0.25, 0.3) is 120 Å². The van der Waals surface area contributed by atoms with Crippen LogP contribution in [0.15, 0.2) is 234 Å². The van der Waals surface area contributed by atoms with E-state index in [-0.39, 0.29) is 0 Å². The van der Waals surface area contributed by atoms with Crippen molar-refractivity contribution >= 4 is 188 Å². The highest BCUT2D eigenvalue weighted by atomic mass is 15.2. The topological polar surface area (TPSA) is 219 Å². The first-order valence-electron chi connectivity index (χ1n) is 35.4. The molecule has 8 aromatic heterocycles. The number of aryl methyl sites for hydroxylation is 8. The van der Waals surface area contributed by atoms with E-state index >= 15 is 0 Å². The predicted molar refractivity (Wildman–Crippen MR) is 432 cm³/mol. The second-order valence-electron chi connectivity index (χ2n) is 28.0. The van der Waals surface area contributed by atoms with Crippen LogP contribution in [0.2, 0.25) is 0 Å². The van der Waals surface area contributed by atoms with Crippen LogP contribution < -0.4 is 19.6 Å². The molecule has 8 heterocycles. The Kier molecular flexibility index (Phi) is 14.4. The van der Waals surface area contributed by atoms with Gasteiger partial charge in [0, 0.05) is 170 Å². The number of anilines is 12. The number of aromatic nitrogens is 16. The van der Waals surface area contributed by atoms with Crippen molar-refractivity contribution in [1.82, 2.24) is 79.7 Å². The average Bonchev–Trinajstić information content (AvgIpc) is 0.623. The lowest BCUT2D eigenvalue weighted by Crippen LogP contribution is -2.18. The molecule has 0 unspecified atom stereocenters. The molecule has 12 aromatic carbocycles. The van der Waals surface area contributed by atoms with Crippen molar-refractivity contribution in [3.63, 3.8) is 0 Å². The Labute approximate surface area is 617 Å². The maximum absolute atomic E-state index is 4.83. The highest BCUT2D eigenvalue weighted by Crippen LogP contribution is 2.58. The third-order valence-corrected chi connectivity index (χ3v) is 21.3. The third-order valence-electron chi connectivity index (χ3n) is 21.3. The third kappa shape index (κ3) is 10.2. The Morgan fingerprint density at radius 1 is 0.176 bits per heavy atom. The molecule has 0 saturated carbocycles. The van der Waals surface area contributed by atoms with Gasteiger partial charge in [-0.2, -0.15) is 0 Å². The SMILES string of the molecule is Cc1cc2ncncc2cc1N(c1cc2cncnc2cc1C)c1cc(N(c2cc3cncnc3cc2C)c2cc3cncnc3cc2C)c2ccc3c(N(c4cc5cncnc5cc4C)c4cc5cncnc5cc4C)cc(N(c4cc5cncnc5cc4C)c4cc5cncnc5cc4C)c4ccc1c2c43. The summed E-state index contributed by atoms with van der Waals surface area (Å²) in [5.74, 6) is 0. The van der Waals surface area contributed by atoms with Gasteiger partial charge in [0.15, 0.2) is 0 Å². The molecule has 0 amide bonds. The van der Waals surface area contributed by atoms with Crippen molar-refractivity contribution in [3.05, 3.63) is 278 Å². The summed E-state index contributed by atoms with van der Waals surface area (Å²) < 4.78 is 0. The van der Waals surface area contributed by atoms with Crippen molar-refractivity contribution in [2.45, 2.75) is 55.4 Å². The van der Waals surface area contributed by atoms with Crippen molar-refractivity contribution in [2.24, 2.45) is 0 Å². The molecule has 0 spiro atoms. The smallest absolute Gasteiger partial charge is 0.116 e. The molecule has 0 saturated heterocycles. The van der Waals surface area contributed by atoms with Gasteiger partial charge < -0.3 is 19.6 Å². The lowest BCUT2D eigenvalue weighted by molar-refractivity contribution is 1.19. The second kappa shape index (κ2) is 24.6. The van der Waals surface area contributed by atoms with Gasteiger partial charge in [0.05, 0.1) is 66.9 Å². The van der Waals surface area contributed by atoms with E-state index in [4.69, 9.17) is 39.9 Å². The molecular weight excluding hydrogens is 1340 g/mol. The fourth-order valence-electron chi connectivity index (χ4n) is 16.1. The molecule has 108 heavy (non-hydrogen) atoms. The molecule has 20 aromatic rings. The Morgan fingerprint density at radius 2 is 0.324 bits per heavy atom. The first-order valence-corrected chi connectivity index (χ1v) is 35.4. The lowest BCUT2D eigenvalue weighted by atomic mass is 9.88. The number of rotatable bonds is 12. The minimum Gasteiger partial charge on any atom is -0.309 e. The molecule has 0 aliphatic carbocycles. The highest BCUT2D eigenvalue weighted by Gasteiger charge is 2.33. The summed E-state index contributed by atoms with van der Waals surface area (Å²) in [6.07, 6.45) is 28.0. The summed E-state index contributed by atoms with van der Waals surface area (Å²) in [5, 5.41) is 12.8. The summed E-state index contributed by atoms with van der Waals surface area (Å²) in [6, 6.07) is 49.2. The van der Waals surface area contributed by atoms with Gasteiger partial charge in [-0.05, 0) is 209 Å². The summed E-state index contributed by atoms with van der Waals surface area (Å²) in [5.41, 5.74) is 25.3. The Morgan fingerprint density at radius 3 is 0.472 bits per heavy atom. The lowest BCUT2D eigenvalue weighted by Gasteiger charge is -2.36. The van der Waals surface area contributed by atoms with Gasteiger partial charge in [0.1, 0.15) is 50.6 Å². The Hall–Kier alpha value is -14.4. The van der Waals surface area contributed by atoms with Crippen molar-refractivity contribution in [3.8, 4) is 0 Å². The molecule has 0 N–H and O–H groups in total. The summed E-state index contributed by atoms with van der Waals surface area (Å²) in [6.45, 7) is 17.3. The van der Waals surface area contributed by atoms with Crippen LogP contribution in [0.1, 0.15) is 44.5 Å². The molecule has 0 fully saturated rings. The molecular formula is C88H62N20. The van der Waals surface area contributed by atoms with E-state index < -0.39 is 0 Å². The summed E-state index contributed by atoms with van der Waals surface area (Å²) >= 11 is 0. The van der Waals surface area contributed by atoms with E-state index in [1.54, 1.807) is 50.6 Å². The summed E-state index contributed by atoms with van der Waals surface area (Å²) in [7, 11) is 0. The molecule has 0 aliphatic heterocycles. The maximum atomic E-state index is 4.83. The normalized spacial score (nSPS) is 11.9. The average molecular weight is 1400 g/mol. The number of nitrogens with zero attached hydrogens (tertiary/aromatic N) is 20. The van der Waals surface area contributed by atoms with Gasteiger partial charge in [-0.3, -0.25) is 0 Å². The minimum absolute atomic E-state index is 0.824. The molecule has 20 nitrogen and oxygen atoms in total.